The number of hydrogen-bond acceptors (Lipinski definition) is 8. The highest BCUT2D eigenvalue weighted by Gasteiger charge is 2.23. The Morgan fingerprint density at radius 3 is 2.77 bits per heavy atom. The van der Waals surface area contributed by atoms with E-state index in [2.05, 4.69) is 20.1 Å². The van der Waals surface area contributed by atoms with Crippen LogP contribution in [0, 0.1) is 5.82 Å². The maximum Gasteiger partial charge on any atom is 0.354 e. The van der Waals surface area contributed by atoms with E-state index in [1.165, 1.54) is 16.8 Å². The third kappa shape index (κ3) is 5.44. The Balaban J connectivity index is 1.16. The third-order valence-corrected chi connectivity index (χ3v) is 6.57. The normalized spacial score (nSPS) is 14.7. The molecule has 40 heavy (non-hydrogen) atoms. The van der Waals surface area contributed by atoms with Crippen LogP contribution in [-0.2, 0) is 24.5 Å². The van der Waals surface area contributed by atoms with Crippen LogP contribution in [-0.4, -0.2) is 53.1 Å². The summed E-state index contributed by atoms with van der Waals surface area (Å²) in [6.07, 6.45) is 4.11. The highest BCUT2D eigenvalue weighted by molar-refractivity contribution is 6.30. The average Bonchev–Trinajstić information content (AvgIpc) is 3.53. The summed E-state index contributed by atoms with van der Waals surface area (Å²) in [6, 6.07) is 12.6. The number of carboxylic acid groups (broad SMARTS) is 1. The molecule has 1 aliphatic rings. The van der Waals surface area contributed by atoms with Gasteiger partial charge in [-0.1, -0.05) is 23.7 Å². The number of aromatic nitrogens is 6. The summed E-state index contributed by atoms with van der Waals surface area (Å²) in [6.45, 7) is 1.26. The van der Waals surface area contributed by atoms with E-state index in [1.54, 1.807) is 48.8 Å². The minimum atomic E-state index is -1.11. The molecule has 0 bridgehead atoms. The zero-order valence-corrected chi connectivity index (χ0v) is 21.7. The lowest BCUT2D eigenvalue weighted by Crippen LogP contribution is -2.32. The van der Waals surface area contributed by atoms with Crippen molar-refractivity contribution in [3.8, 4) is 17.4 Å². The molecule has 0 aliphatic carbocycles. The Morgan fingerprint density at radius 1 is 1.12 bits per heavy atom. The van der Waals surface area contributed by atoms with Gasteiger partial charge in [-0.05, 0) is 36.8 Å². The van der Waals surface area contributed by atoms with Crippen LogP contribution in [0.3, 0.4) is 0 Å². The molecule has 1 atom stereocenters. The summed E-state index contributed by atoms with van der Waals surface area (Å²) in [7, 11) is 0. The quantitative estimate of drug-likeness (QED) is 0.262. The van der Waals surface area contributed by atoms with Crippen molar-refractivity contribution in [2.24, 2.45) is 0 Å². The van der Waals surface area contributed by atoms with Crippen molar-refractivity contribution < 1.29 is 28.5 Å². The Kier molecular flexibility index (Phi) is 7.01. The molecule has 1 aromatic carbocycles. The van der Waals surface area contributed by atoms with Crippen molar-refractivity contribution in [3.05, 3.63) is 88.8 Å². The van der Waals surface area contributed by atoms with Gasteiger partial charge in [0.25, 0.3) is 0 Å². The fourth-order valence-electron chi connectivity index (χ4n) is 4.16. The Labute approximate surface area is 231 Å². The van der Waals surface area contributed by atoms with Crippen LogP contribution in [0.1, 0.15) is 28.3 Å². The molecule has 4 aromatic heterocycles. The minimum Gasteiger partial charge on any atom is -0.482 e. The number of carboxylic acids is 1. The largest absolute Gasteiger partial charge is 0.482 e. The van der Waals surface area contributed by atoms with Crippen LogP contribution in [0.4, 0.5) is 4.39 Å². The fraction of sp³-hybridized carbons (Fsp3) is 0.222. The highest BCUT2D eigenvalue weighted by atomic mass is 35.5. The van der Waals surface area contributed by atoms with Gasteiger partial charge in [0.15, 0.2) is 22.9 Å². The number of hydrogen-bond donors (Lipinski definition) is 1. The SMILES string of the molecule is O=C(O)c1ccc2nc(COc3cnn(-c4cccc(OCc5ccc(Cl)cc5F)n4)c3)n(C[C@@H]3CCO3)c2n1. The van der Waals surface area contributed by atoms with Crippen LogP contribution in [0.2, 0.25) is 5.02 Å². The van der Waals surface area contributed by atoms with Gasteiger partial charge in [0.1, 0.15) is 30.4 Å². The first-order valence-electron chi connectivity index (χ1n) is 12.4. The predicted molar refractivity (Wildman–Crippen MR) is 140 cm³/mol. The summed E-state index contributed by atoms with van der Waals surface area (Å²) in [4.78, 5) is 24.8. The average molecular weight is 565 g/mol. The molecule has 1 fully saturated rings. The Morgan fingerprint density at radius 2 is 2.00 bits per heavy atom. The smallest absolute Gasteiger partial charge is 0.354 e. The molecule has 1 N–H and O–H groups in total. The van der Waals surface area contributed by atoms with Crippen LogP contribution in [0.25, 0.3) is 17.0 Å². The first kappa shape index (κ1) is 25.7. The lowest BCUT2D eigenvalue weighted by Gasteiger charge is -2.27. The molecule has 6 rings (SSSR count). The van der Waals surface area contributed by atoms with Gasteiger partial charge in [-0.25, -0.2) is 23.8 Å². The Hall–Kier alpha value is -4.55. The standard InChI is InChI=1S/C27H22ClFN6O5/c28-17-5-4-16(20(29)10-17)14-40-25-3-1-2-23(33-25)35-13-19(11-30-35)39-15-24-31-21-6-7-22(27(36)37)32-26(21)34(24)12-18-8-9-38-18/h1-7,10-11,13,18H,8-9,12,14-15H2,(H,36,37)/t18-/m0/s1. The number of imidazole rings is 1. The number of nitrogens with zero attached hydrogens (tertiary/aromatic N) is 6. The molecule has 13 heteroatoms. The molecular weight excluding hydrogens is 543 g/mol. The van der Waals surface area contributed by atoms with Crippen LogP contribution in [0.5, 0.6) is 11.6 Å². The molecule has 204 valence electrons. The first-order chi connectivity index (χ1) is 19.4. The van der Waals surface area contributed by atoms with E-state index in [1.807, 2.05) is 4.57 Å². The molecule has 5 aromatic rings. The van der Waals surface area contributed by atoms with E-state index in [0.717, 1.165) is 6.42 Å². The number of rotatable bonds is 10. The number of halogens is 2. The van der Waals surface area contributed by atoms with Crippen molar-refractivity contribution in [3.63, 3.8) is 0 Å². The topological polar surface area (TPSA) is 126 Å². The van der Waals surface area contributed by atoms with Gasteiger partial charge >= 0.3 is 5.97 Å². The summed E-state index contributed by atoms with van der Waals surface area (Å²) in [5.41, 5.74) is 1.33. The molecule has 0 saturated carbocycles. The van der Waals surface area contributed by atoms with Crippen LogP contribution in [0.15, 0.2) is 60.9 Å². The van der Waals surface area contributed by atoms with Gasteiger partial charge in [0, 0.05) is 23.3 Å². The summed E-state index contributed by atoms with van der Waals surface area (Å²) in [5.74, 6) is 0.253. The van der Waals surface area contributed by atoms with Crippen molar-refractivity contribution >= 4 is 28.7 Å². The second-order valence-corrected chi connectivity index (χ2v) is 9.47. The monoisotopic (exact) mass is 564 g/mol. The molecule has 0 spiro atoms. The third-order valence-electron chi connectivity index (χ3n) is 6.33. The van der Waals surface area contributed by atoms with E-state index in [-0.39, 0.29) is 25.0 Å². The van der Waals surface area contributed by atoms with E-state index < -0.39 is 11.8 Å². The van der Waals surface area contributed by atoms with Gasteiger partial charge in [0.05, 0.1) is 25.0 Å². The van der Waals surface area contributed by atoms with Crippen LogP contribution < -0.4 is 9.47 Å². The number of fused-ring (bicyclic) bond motifs is 1. The summed E-state index contributed by atoms with van der Waals surface area (Å²) in [5, 5.41) is 14.0. The van der Waals surface area contributed by atoms with E-state index in [0.29, 0.717) is 58.2 Å². The lowest BCUT2D eigenvalue weighted by molar-refractivity contribution is -0.0593. The summed E-state index contributed by atoms with van der Waals surface area (Å²) >= 11 is 5.81. The Bertz CT molecular complexity index is 1700. The van der Waals surface area contributed by atoms with Gasteiger partial charge in [-0.3, -0.25) is 0 Å². The number of benzene rings is 1. The maximum atomic E-state index is 14.1. The summed E-state index contributed by atoms with van der Waals surface area (Å²) < 4.78 is 34.6. The van der Waals surface area contributed by atoms with E-state index in [9.17, 15) is 14.3 Å². The van der Waals surface area contributed by atoms with E-state index >= 15 is 0 Å². The van der Waals surface area contributed by atoms with Gasteiger partial charge in [-0.15, -0.1) is 0 Å². The molecule has 11 nitrogen and oxygen atoms in total. The van der Waals surface area contributed by atoms with Crippen molar-refractivity contribution in [2.75, 3.05) is 6.61 Å². The van der Waals surface area contributed by atoms with Crippen molar-refractivity contribution in [1.29, 1.82) is 0 Å². The highest BCUT2D eigenvalue weighted by Crippen LogP contribution is 2.23. The van der Waals surface area contributed by atoms with Crippen LogP contribution >= 0.6 is 11.6 Å². The zero-order valence-electron chi connectivity index (χ0n) is 20.9. The predicted octanol–water partition coefficient (Wildman–Crippen LogP) is 4.45. The second-order valence-electron chi connectivity index (χ2n) is 9.03. The van der Waals surface area contributed by atoms with E-state index in [4.69, 9.17) is 25.8 Å². The lowest BCUT2D eigenvalue weighted by atomic mass is 10.2. The first-order valence-corrected chi connectivity index (χ1v) is 12.7. The van der Waals surface area contributed by atoms with Gasteiger partial charge < -0.3 is 23.9 Å². The number of ether oxygens (including phenoxy) is 3. The molecule has 0 radical (unpaired) electrons. The fourth-order valence-corrected chi connectivity index (χ4v) is 4.32. The molecule has 5 heterocycles. The van der Waals surface area contributed by atoms with Crippen molar-refractivity contribution in [2.45, 2.75) is 32.3 Å². The zero-order chi connectivity index (χ0) is 27.6. The molecule has 0 unspecified atom stereocenters. The molecule has 1 aliphatic heterocycles. The minimum absolute atomic E-state index is 0.00550. The van der Waals surface area contributed by atoms with Gasteiger partial charge in [0.2, 0.25) is 5.88 Å². The molecule has 0 amide bonds. The molecule has 1 saturated heterocycles. The molecular formula is C27H22ClFN6O5. The second kappa shape index (κ2) is 10.9. The maximum absolute atomic E-state index is 14.1. The number of aromatic carboxylic acids is 1. The number of carbonyl (C=O) groups is 1. The number of pyridine rings is 2. The van der Waals surface area contributed by atoms with Crippen molar-refractivity contribution in [1.82, 2.24) is 29.3 Å². The van der Waals surface area contributed by atoms with Gasteiger partial charge in [-0.2, -0.15) is 10.1 Å².